The number of ether oxygens (including phenoxy) is 3. The topological polar surface area (TPSA) is 44.8 Å². The van der Waals surface area contributed by atoms with Gasteiger partial charge in [-0.2, -0.15) is 0 Å². The smallest absolute Gasteiger partial charge is 0.330 e. The van der Waals surface area contributed by atoms with Gasteiger partial charge in [0, 0.05) is 6.08 Å². The number of allylic oxidation sites excluding steroid dienone is 1. The Bertz CT molecular complexity index is 390. The predicted molar refractivity (Wildman–Crippen MR) is 94.3 cm³/mol. The zero-order chi connectivity index (χ0) is 17.0. The Balaban J connectivity index is 1.48. The molecule has 0 N–H and O–H groups in total. The lowest BCUT2D eigenvalue weighted by molar-refractivity contribution is -0.138. The molecular weight excluding hydrogens is 304 g/mol. The number of hydrogen-bond donors (Lipinski definition) is 0. The van der Waals surface area contributed by atoms with E-state index < -0.39 is 0 Å². The van der Waals surface area contributed by atoms with Gasteiger partial charge in [-0.1, -0.05) is 25.8 Å². The number of carbonyl (C=O) groups is 1. The minimum absolute atomic E-state index is 0.306. The summed E-state index contributed by atoms with van der Waals surface area (Å²) < 4.78 is 16.4. The van der Waals surface area contributed by atoms with E-state index in [0.29, 0.717) is 31.3 Å². The molecule has 0 bridgehead atoms. The fourth-order valence-corrected chi connectivity index (χ4v) is 3.64. The molecule has 0 aliphatic heterocycles. The Morgan fingerprint density at radius 3 is 2.50 bits per heavy atom. The van der Waals surface area contributed by atoms with E-state index in [1.807, 2.05) is 6.26 Å². The second-order valence-corrected chi connectivity index (χ2v) is 6.98. The first kappa shape index (κ1) is 19.0. The summed E-state index contributed by atoms with van der Waals surface area (Å²) >= 11 is 0. The van der Waals surface area contributed by atoms with E-state index in [1.54, 1.807) is 0 Å². The third-order valence-electron chi connectivity index (χ3n) is 5.20. The molecule has 2 rings (SSSR count). The van der Waals surface area contributed by atoms with E-state index in [4.69, 9.17) is 14.2 Å². The van der Waals surface area contributed by atoms with Gasteiger partial charge in [-0.3, -0.25) is 0 Å². The van der Waals surface area contributed by atoms with Crippen LogP contribution in [-0.4, -0.2) is 25.5 Å². The number of hydrogen-bond acceptors (Lipinski definition) is 4. The van der Waals surface area contributed by atoms with Crippen molar-refractivity contribution in [3.05, 3.63) is 25.0 Å². The number of carbonyl (C=O) groups excluding carboxylic acids is 1. The highest BCUT2D eigenvalue weighted by Crippen LogP contribution is 2.28. The second-order valence-electron chi connectivity index (χ2n) is 6.98. The normalized spacial score (nSPS) is 25.5. The zero-order valence-electron chi connectivity index (χ0n) is 14.8. The van der Waals surface area contributed by atoms with Gasteiger partial charge in [-0.25, -0.2) is 4.79 Å². The zero-order valence-corrected chi connectivity index (χ0v) is 14.8. The van der Waals surface area contributed by atoms with Gasteiger partial charge in [-0.15, -0.1) is 0 Å². The third kappa shape index (κ3) is 7.52. The fraction of sp³-hybridized carbons (Fsp3) is 0.750. The van der Waals surface area contributed by atoms with Gasteiger partial charge in [0.2, 0.25) is 0 Å². The molecule has 2 saturated carbocycles. The number of esters is 1. The maximum atomic E-state index is 11.0. The molecule has 24 heavy (non-hydrogen) atoms. The lowest BCUT2D eigenvalue weighted by Crippen LogP contribution is -2.23. The van der Waals surface area contributed by atoms with Gasteiger partial charge in [0.15, 0.2) is 6.79 Å². The molecule has 4 nitrogen and oxygen atoms in total. The Kier molecular flexibility index (Phi) is 8.96. The molecule has 0 heterocycles. The van der Waals surface area contributed by atoms with E-state index in [2.05, 4.69) is 12.7 Å². The summed E-state index contributed by atoms with van der Waals surface area (Å²) in [5.74, 6) is 1.00. The van der Waals surface area contributed by atoms with Crippen molar-refractivity contribution in [3.8, 4) is 0 Å². The van der Waals surface area contributed by atoms with Crippen molar-refractivity contribution < 1.29 is 19.0 Å². The van der Waals surface area contributed by atoms with Crippen molar-refractivity contribution in [1.82, 2.24) is 0 Å². The van der Waals surface area contributed by atoms with Gasteiger partial charge in [0.1, 0.15) is 0 Å². The quantitative estimate of drug-likeness (QED) is 0.200. The van der Waals surface area contributed by atoms with Crippen LogP contribution in [0.4, 0.5) is 0 Å². The Morgan fingerprint density at radius 2 is 1.79 bits per heavy atom. The largest absolute Gasteiger partial charge is 0.475 e. The van der Waals surface area contributed by atoms with Gasteiger partial charge in [0.05, 0.1) is 19.0 Å². The van der Waals surface area contributed by atoms with Crippen LogP contribution < -0.4 is 0 Å². The van der Waals surface area contributed by atoms with Gasteiger partial charge >= 0.3 is 5.97 Å². The lowest BCUT2D eigenvalue weighted by atomic mass is 9.85. The molecule has 0 aromatic carbocycles. The summed E-state index contributed by atoms with van der Waals surface area (Å²) in [6, 6.07) is 0. The number of rotatable bonds is 9. The van der Waals surface area contributed by atoms with Crippen LogP contribution in [0, 0.1) is 11.8 Å². The van der Waals surface area contributed by atoms with Crippen molar-refractivity contribution in [2.24, 2.45) is 11.8 Å². The van der Waals surface area contributed by atoms with E-state index in [1.165, 1.54) is 38.2 Å². The standard InChI is InChI=1S/C20H32O4/c1-2-20(21)23-15-13-18-8-10-19(11-9-18)24-16-22-14-12-17-6-4-3-5-7-17/h2,12,14,17-19H,1,3-11,13,15-16H2/b14-12+. The predicted octanol–water partition coefficient (Wildman–Crippen LogP) is 4.75. The van der Waals surface area contributed by atoms with Crippen LogP contribution in [0.3, 0.4) is 0 Å². The first-order chi connectivity index (χ1) is 11.8. The third-order valence-corrected chi connectivity index (χ3v) is 5.20. The molecule has 4 heteroatoms. The van der Waals surface area contributed by atoms with Crippen LogP contribution in [0.15, 0.2) is 25.0 Å². The molecule has 2 fully saturated rings. The fourth-order valence-electron chi connectivity index (χ4n) is 3.64. The molecule has 2 aliphatic carbocycles. The van der Waals surface area contributed by atoms with Crippen molar-refractivity contribution >= 4 is 5.97 Å². The Hall–Kier alpha value is -1.29. The molecule has 0 amide bonds. The molecular formula is C20H32O4. The average Bonchev–Trinajstić information content (AvgIpc) is 2.63. The van der Waals surface area contributed by atoms with Crippen LogP contribution in [0.2, 0.25) is 0 Å². The highest BCUT2D eigenvalue weighted by atomic mass is 16.7. The Labute approximate surface area is 146 Å². The first-order valence-corrected chi connectivity index (χ1v) is 9.47. The van der Waals surface area contributed by atoms with Gasteiger partial charge in [-0.05, 0) is 62.9 Å². The van der Waals surface area contributed by atoms with Crippen LogP contribution in [-0.2, 0) is 19.0 Å². The van der Waals surface area contributed by atoms with Crippen molar-refractivity contribution in [2.45, 2.75) is 70.3 Å². The van der Waals surface area contributed by atoms with Gasteiger partial charge in [0.25, 0.3) is 0 Å². The summed E-state index contributed by atoms with van der Waals surface area (Å²) in [6.45, 7) is 4.25. The summed E-state index contributed by atoms with van der Waals surface area (Å²) in [7, 11) is 0. The minimum Gasteiger partial charge on any atom is -0.475 e. The van der Waals surface area contributed by atoms with Crippen molar-refractivity contribution in [1.29, 1.82) is 0 Å². The molecule has 0 radical (unpaired) electrons. The van der Waals surface area contributed by atoms with E-state index in [9.17, 15) is 4.79 Å². The van der Waals surface area contributed by atoms with Crippen LogP contribution in [0.5, 0.6) is 0 Å². The van der Waals surface area contributed by atoms with Gasteiger partial charge < -0.3 is 14.2 Å². The van der Waals surface area contributed by atoms with Crippen LogP contribution >= 0.6 is 0 Å². The molecule has 0 saturated heterocycles. The average molecular weight is 336 g/mol. The van der Waals surface area contributed by atoms with Crippen molar-refractivity contribution in [3.63, 3.8) is 0 Å². The van der Waals surface area contributed by atoms with E-state index >= 15 is 0 Å². The first-order valence-electron chi connectivity index (χ1n) is 9.47. The summed E-state index contributed by atoms with van der Waals surface area (Å²) in [5, 5.41) is 0. The molecule has 0 spiro atoms. The van der Waals surface area contributed by atoms with Crippen molar-refractivity contribution in [2.75, 3.05) is 13.4 Å². The Morgan fingerprint density at radius 1 is 1.04 bits per heavy atom. The van der Waals surface area contributed by atoms with E-state index in [-0.39, 0.29) is 5.97 Å². The minimum atomic E-state index is -0.328. The monoisotopic (exact) mass is 336 g/mol. The molecule has 0 atom stereocenters. The summed E-state index contributed by atoms with van der Waals surface area (Å²) in [5.41, 5.74) is 0. The molecule has 2 aliphatic rings. The maximum absolute atomic E-state index is 11.0. The molecule has 136 valence electrons. The molecule has 0 aromatic heterocycles. The van der Waals surface area contributed by atoms with Crippen LogP contribution in [0.25, 0.3) is 0 Å². The highest BCUT2D eigenvalue weighted by Gasteiger charge is 2.21. The maximum Gasteiger partial charge on any atom is 0.330 e. The SMILES string of the molecule is C=CC(=O)OCCC1CCC(OCO/C=C/C2CCCCC2)CC1. The molecule has 0 unspecified atom stereocenters. The highest BCUT2D eigenvalue weighted by molar-refractivity contribution is 5.81. The lowest BCUT2D eigenvalue weighted by Gasteiger charge is -2.28. The summed E-state index contributed by atoms with van der Waals surface area (Å²) in [4.78, 5) is 11.0. The second kappa shape index (κ2) is 11.3. The summed E-state index contributed by atoms with van der Waals surface area (Å²) in [6.07, 6.45) is 17.6. The molecule has 0 aromatic rings. The van der Waals surface area contributed by atoms with E-state index in [0.717, 1.165) is 32.1 Å². The van der Waals surface area contributed by atoms with Crippen LogP contribution in [0.1, 0.15) is 64.2 Å².